The maximum absolute atomic E-state index is 12.1. The molecular weight excluding hydrogens is 288 g/mol. The number of carboxylic acids is 1. The molecule has 0 bridgehead atoms. The van der Waals surface area contributed by atoms with E-state index in [0.717, 1.165) is 24.8 Å². The summed E-state index contributed by atoms with van der Waals surface area (Å²) in [4.78, 5) is 23.1. The van der Waals surface area contributed by atoms with Gasteiger partial charge in [0.2, 0.25) is 0 Å². The molecule has 2 atom stereocenters. The van der Waals surface area contributed by atoms with Gasteiger partial charge in [-0.1, -0.05) is 25.2 Å². The predicted octanol–water partition coefficient (Wildman–Crippen LogP) is 4.37. The van der Waals surface area contributed by atoms with E-state index < -0.39 is 5.97 Å². The van der Waals surface area contributed by atoms with Crippen molar-refractivity contribution in [2.24, 2.45) is 11.8 Å². The van der Waals surface area contributed by atoms with Crippen LogP contribution in [0.4, 0.5) is 0 Å². The summed E-state index contributed by atoms with van der Waals surface area (Å²) in [7, 11) is 0. The molecule has 0 spiro atoms. The molecule has 0 aromatic rings. The summed E-state index contributed by atoms with van der Waals surface area (Å²) in [6.07, 6.45) is 14.1. The summed E-state index contributed by atoms with van der Waals surface area (Å²) in [6.45, 7) is 1.95. The second-order valence-corrected chi connectivity index (χ2v) is 7.01. The van der Waals surface area contributed by atoms with E-state index in [9.17, 15) is 9.59 Å². The Kier molecular flexibility index (Phi) is 4.65. The zero-order valence-corrected chi connectivity index (χ0v) is 13.7. The Morgan fingerprint density at radius 3 is 3.00 bits per heavy atom. The summed E-state index contributed by atoms with van der Waals surface area (Å²) >= 11 is 0. The molecule has 3 nitrogen and oxygen atoms in total. The third-order valence-corrected chi connectivity index (χ3v) is 5.09. The van der Waals surface area contributed by atoms with Crippen LogP contribution in [0.1, 0.15) is 51.9 Å². The van der Waals surface area contributed by atoms with Crippen LogP contribution in [0.2, 0.25) is 0 Å². The number of allylic oxidation sites excluding steroid dienone is 8. The van der Waals surface area contributed by atoms with E-state index in [1.807, 2.05) is 6.92 Å². The minimum Gasteiger partial charge on any atom is -0.481 e. The van der Waals surface area contributed by atoms with Crippen LogP contribution in [0.5, 0.6) is 0 Å². The highest BCUT2D eigenvalue weighted by Crippen LogP contribution is 2.43. The number of ketones is 1. The van der Waals surface area contributed by atoms with Crippen LogP contribution in [-0.2, 0) is 9.59 Å². The number of carbonyl (C=O) groups excluding carboxylic acids is 1. The molecule has 3 rings (SSSR count). The lowest BCUT2D eigenvalue weighted by Crippen LogP contribution is -2.15. The van der Waals surface area contributed by atoms with Gasteiger partial charge in [-0.2, -0.15) is 0 Å². The van der Waals surface area contributed by atoms with Crippen molar-refractivity contribution in [1.29, 1.82) is 0 Å². The van der Waals surface area contributed by atoms with Gasteiger partial charge in [0.1, 0.15) is 0 Å². The number of rotatable bonds is 4. The Labute approximate surface area is 137 Å². The maximum atomic E-state index is 12.1. The predicted molar refractivity (Wildman–Crippen MR) is 89.9 cm³/mol. The number of hydrogen-bond donors (Lipinski definition) is 1. The number of carbonyl (C=O) groups is 2. The van der Waals surface area contributed by atoms with E-state index in [2.05, 4.69) is 18.2 Å². The van der Waals surface area contributed by atoms with Gasteiger partial charge in [-0.15, -0.1) is 0 Å². The van der Waals surface area contributed by atoms with Crippen LogP contribution < -0.4 is 0 Å². The van der Waals surface area contributed by atoms with Gasteiger partial charge in [-0.05, 0) is 72.3 Å². The molecule has 0 aromatic heterocycles. The van der Waals surface area contributed by atoms with Gasteiger partial charge >= 0.3 is 5.97 Å². The summed E-state index contributed by atoms with van der Waals surface area (Å²) in [5, 5.41) is 8.99. The maximum Gasteiger partial charge on any atom is 0.303 e. The van der Waals surface area contributed by atoms with E-state index in [1.54, 1.807) is 6.08 Å². The first-order chi connectivity index (χ1) is 11.0. The topological polar surface area (TPSA) is 54.4 Å². The molecule has 2 unspecified atom stereocenters. The molecule has 3 aliphatic rings. The quantitative estimate of drug-likeness (QED) is 0.838. The lowest BCUT2D eigenvalue weighted by atomic mass is 9.75. The number of aliphatic carboxylic acids is 1. The average Bonchev–Trinajstić information content (AvgIpc) is 2.66. The summed E-state index contributed by atoms with van der Waals surface area (Å²) in [6, 6.07) is 0. The first-order valence-electron chi connectivity index (χ1n) is 8.60. The van der Waals surface area contributed by atoms with Gasteiger partial charge in [-0.3, -0.25) is 9.59 Å². The Morgan fingerprint density at radius 2 is 2.22 bits per heavy atom. The lowest BCUT2D eigenvalue weighted by molar-refractivity contribution is -0.137. The van der Waals surface area contributed by atoms with Gasteiger partial charge in [0, 0.05) is 12.8 Å². The molecule has 0 heterocycles. The van der Waals surface area contributed by atoms with Gasteiger partial charge in [-0.25, -0.2) is 0 Å². The van der Waals surface area contributed by atoms with Crippen molar-refractivity contribution in [3.8, 4) is 0 Å². The van der Waals surface area contributed by atoms with Crippen LogP contribution in [0.25, 0.3) is 0 Å². The molecular formula is C20H24O3. The van der Waals surface area contributed by atoms with E-state index in [0.29, 0.717) is 18.8 Å². The van der Waals surface area contributed by atoms with Gasteiger partial charge in [0.15, 0.2) is 5.78 Å². The smallest absolute Gasteiger partial charge is 0.303 e. The average molecular weight is 312 g/mol. The molecule has 122 valence electrons. The molecule has 0 saturated carbocycles. The third kappa shape index (κ3) is 3.54. The minimum atomic E-state index is -0.774. The fraction of sp³-hybridized carbons (Fsp3) is 0.500. The largest absolute Gasteiger partial charge is 0.481 e. The highest BCUT2D eigenvalue weighted by Gasteiger charge is 2.28. The zero-order valence-electron chi connectivity index (χ0n) is 13.7. The lowest BCUT2D eigenvalue weighted by Gasteiger charge is -2.30. The fourth-order valence-electron chi connectivity index (χ4n) is 4.04. The minimum absolute atomic E-state index is 0.0384. The molecule has 3 heteroatoms. The van der Waals surface area contributed by atoms with E-state index in [-0.39, 0.29) is 18.1 Å². The first kappa shape index (κ1) is 16.0. The second-order valence-electron chi connectivity index (χ2n) is 7.01. The van der Waals surface area contributed by atoms with Crippen LogP contribution in [0, 0.1) is 11.8 Å². The highest BCUT2D eigenvalue weighted by molar-refractivity contribution is 5.92. The zero-order chi connectivity index (χ0) is 16.4. The van der Waals surface area contributed by atoms with Crippen molar-refractivity contribution < 1.29 is 14.7 Å². The second kappa shape index (κ2) is 6.69. The van der Waals surface area contributed by atoms with Crippen molar-refractivity contribution in [3.05, 3.63) is 46.6 Å². The van der Waals surface area contributed by atoms with Crippen LogP contribution in [0.3, 0.4) is 0 Å². The summed E-state index contributed by atoms with van der Waals surface area (Å²) < 4.78 is 0. The van der Waals surface area contributed by atoms with Crippen molar-refractivity contribution >= 4 is 11.8 Å². The monoisotopic (exact) mass is 312 g/mol. The Morgan fingerprint density at radius 1 is 1.39 bits per heavy atom. The number of hydrogen-bond acceptors (Lipinski definition) is 2. The third-order valence-electron chi connectivity index (χ3n) is 5.09. The molecule has 0 fully saturated rings. The molecule has 23 heavy (non-hydrogen) atoms. The Bertz CT molecular complexity index is 646. The van der Waals surface area contributed by atoms with E-state index in [1.165, 1.54) is 23.1 Å². The van der Waals surface area contributed by atoms with Gasteiger partial charge < -0.3 is 5.11 Å². The van der Waals surface area contributed by atoms with Crippen molar-refractivity contribution in [2.75, 3.05) is 0 Å². The number of fused-ring (bicyclic) bond motifs is 2. The van der Waals surface area contributed by atoms with Gasteiger partial charge in [0.05, 0.1) is 0 Å². The fourth-order valence-corrected chi connectivity index (χ4v) is 4.04. The molecule has 1 N–H and O–H groups in total. The van der Waals surface area contributed by atoms with Crippen molar-refractivity contribution in [1.82, 2.24) is 0 Å². The molecule has 0 radical (unpaired) electrons. The van der Waals surface area contributed by atoms with E-state index >= 15 is 0 Å². The molecule has 0 saturated heterocycles. The SMILES string of the molecule is CC(CC(=O)O)CC1=CC(=O)CCC2=C3C=CCCC3CC=C12. The van der Waals surface area contributed by atoms with Crippen molar-refractivity contribution in [2.45, 2.75) is 51.9 Å². The number of carboxylic acid groups (broad SMARTS) is 1. The Hall–Kier alpha value is -1.90. The van der Waals surface area contributed by atoms with Crippen LogP contribution >= 0.6 is 0 Å². The van der Waals surface area contributed by atoms with Crippen LogP contribution in [-0.4, -0.2) is 16.9 Å². The molecule has 3 aliphatic carbocycles. The first-order valence-corrected chi connectivity index (χ1v) is 8.60. The van der Waals surface area contributed by atoms with E-state index in [4.69, 9.17) is 5.11 Å². The standard InChI is InChI=1S/C20H24O3/c1-13(11-20(22)23)10-15-12-16(21)7-9-19-17-5-3-2-4-14(17)6-8-18(15)19/h3,5,8,12-14H,2,4,6-7,9-11H2,1H3,(H,22,23). The normalized spacial score (nSPS) is 25.1. The summed E-state index contributed by atoms with van der Waals surface area (Å²) in [5.74, 6) is 0.0351. The summed E-state index contributed by atoms with van der Waals surface area (Å²) in [5.41, 5.74) is 5.00. The molecule has 0 aromatic carbocycles. The van der Waals surface area contributed by atoms with Gasteiger partial charge in [0.25, 0.3) is 0 Å². The molecule has 0 aliphatic heterocycles. The highest BCUT2D eigenvalue weighted by atomic mass is 16.4. The molecule has 0 amide bonds. The Balaban J connectivity index is 1.92. The van der Waals surface area contributed by atoms with Crippen LogP contribution in [0.15, 0.2) is 46.6 Å². The van der Waals surface area contributed by atoms with Crippen molar-refractivity contribution in [3.63, 3.8) is 0 Å².